The molecule has 2 nitrogen and oxygen atoms in total. The fourth-order valence-corrected chi connectivity index (χ4v) is 4.25. The van der Waals surface area contributed by atoms with Gasteiger partial charge in [0.2, 0.25) is 0 Å². The summed E-state index contributed by atoms with van der Waals surface area (Å²) >= 11 is 1.90. The molecule has 1 aromatic heterocycles. The largest absolute Gasteiger partial charge is 0.294 e. The molecule has 0 aliphatic carbocycles. The van der Waals surface area contributed by atoms with Crippen LogP contribution in [-0.4, -0.2) is 24.0 Å². The number of hydrogen-bond acceptors (Lipinski definition) is 3. The quantitative estimate of drug-likeness (QED) is 0.655. The molecule has 114 valence electrons. The first kappa shape index (κ1) is 14.5. The third-order valence-electron chi connectivity index (χ3n) is 4.16. The Morgan fingerprint density at radius 2 is 1.65 bits per heavy atom. The summed E-state index contributed by atoms with van der Waals surface area (Å²) in [5.74, 6) is 0. The minimum atomic E-state index is 0.303. The van der Waals surface area contributed by atoms with Crippen molar-refractivity contribution in [1.29, 1.82) is 0 Å². The third-order valence-corrected chi connectivity index (χ3v) is 5.66. The van der Waals surface area contributed by atoms with Gasteiger partial charge < -0.3 is 0 Å². The fourth-order valence-electron chi connectivity index (χ4n) is 3.02. The Bertz CT molecular complexity index is 843. The van der Waals surface area contributed by atoms with E-state index in [2.05, 4.69) is 73.6 Å². The number of aromatic nitrogens is 1. The predicted octanol–water partition coefficient (Wildman–Crippen LogP) is 5.08. The molecule has 0 amide bonds. The van der Waals surface area contributed by atoms with Gasteiger partial charge in [-0.1, -0.05) is 48.5 Å². The summed E-state index contributed by atoms with van der Waals surface area (Å²) in [6, 6.07) is 21.3. The summed E-state index contributed by atoms with van der Waals surface area (Å²) in [5.41, 5.74) is 6.09. The van der Waals surface area contributed by atoms with Crippen molar-refractivity contribution in [2.24, 2.45) is 0 Å². The highest BCUT2D eigenvalue weighted by Crippen LogP contribution is 2.49. The van der Waals surface area contributed by atoms with Crippen molar-refractivity contribution in [2.45, 2.75) is 10.3 Å². The Morgan fingerprint density at radius 1 is 0.913 bits per heavy atom. The molecule has 23 heavy (non-hydrogen) atoms. The standard InChI is InChI=1S/C20H18N2S/c1-22(2)20-17-13-21-18(14-8-4-3-5-9-14)12-16(17)15-10-6-7-11-19(15)23-20/h3-13,20H,1-2H3. The average molecular weight is 318 g/mol. The van der Waals surface area contributed by atoms with E-state index in [0.717, 1.165) is 11.3 Å². The lowest BCUT2D eigenvalue weighted by Gasteiger charge is -2.31. The molecule has 3 aromatic rings. The number of thioether (sulfide) groups is 1. The Hall–Kier alpha value is -2.10. The van der Waals surface area contributed by atoms with Crippen molar-refractivity contribution >= 4 is 11.8 Å². The highest BCUT2D eigenvalue weighted by Gasteiger charge is 2.27. The van der Waals surface area contributed by atoms with Gasteiger partial charge in [0.15, 0.2) is 0 Å². The normalized spacial score (nSPS) is 16.0. The van der Waals surface area contributed by atoms with Gasteiger partial charge in [-0.3, -0.25) is 9.88 Å². The summed E-state index contributed by atoms with van der Waals surface area (Å²) < 4.78 is 0. The molecular weight excluding hydrogens is 300 g/mol. The SMILES string of the molecule is CN(C)C1Sc2ccccc2-c2cc(-c3ccccc3)ncc21. The van der Waals surface area contributed by atoms with E-state index in [0.29, 0.717) is 5.37 Å². The maximum atomic E-state index is 4.73. The van der Waals surface area contributed by atoms with E-state index in [1.807, 2.05) is 24.0 Å². The molecule has 0 radical (unpaired) electrons. The van der Waals surface area contributed by atoms with Crippen molar-refractivity contribution < 1.29 is 0 Å². The van der Waals surface area contributed by atoms with Crippen molar-refractivity contribution in [3.63, 3.8) is 0 Å². The smallest absolute Gasteiger partial charge is 0.0877 e. The van der Waals surface area contributed by atoms with Gasteiger partial charge in [-0.15, -0.1) is 11.8 Å². The van der Waals surface area contributed by atoms with Crippen LogP contribution in [0.15, 0.2) is 71.8 Å². The zero-order valence-electron chi connectivity index (χ0n) is 13.2. The summed E-state index contributed by atoms with van der Waals surface area (Å²) in [6.45, 7) is 0. The maximum Gasteiger partial charge on any atom is 0.0877 e. The topological polar surface area (TPSA) is 16.1 Å². The van der Waals surface area contributed by atoms with Crippen molar-refractivity contribution in [1.82, 2.24) is 9.88 Å². The van der Waals surface area contributed by atoms with Crippen LogP contribution in [0.1, 0.15) is 10.9 Å². The monoisotopic (exact) mass is 318 g/mol. The number of rotatable bonds is 2. The number of hydrogen-bond donors (Lipinski definition) is 0. The molecule has 1 atom stereocenters. The highest BCUT2D eigenvalue weighted by molar-refractivity contribution is 7.99. The predicted molar refractivity (Wildman–Crippen MR) is 97.4 cm³/mol. The first-order chi connectivity index (χ1) is 11.2. The van der Waals surface area contributed by atoms with E-state index in [1.54, 1.807) is 0 Å². The van der Waals surface area contributed by atoms with Crippen molar-refractivity contribution in [2.75, 3.05) is 14.1 Å². The molecule has 2 heterocycles. The van der Waals surface area contributed by atoms with Gasteiger partial charge in [0.25, 0.3) is 0 Å². The van der Waals surface area contributed by atoms with Gasteiger partial charge in [-0.05, 0) is 37.4 Å². The molecule has 0 saturated heterocycles. The summed E-state index contributed by atoms with van der Waals surface area (Å²) in [4.78, 5) is 8.32. The van der Waals surface area contributed by atoms with E-state index >= 15 is 0 Å². The average Bonchev–Trinajstić information content (AvgIpc) is 2.61. The Labute approximate surface area is 141 Å². The lowest BCUT2D eigenvalue weighted by molar-refractivity contribution is 0.390. The molecule has 4 rings (SSSR count). The molecule has 1 unspecified atom stereocenters. The molecule has 0 bridgehead atoms. The van der Waals surface area contributed by atoms with Crippen LogP contribution in [0.2, 0.25) is 0 Å². The summed E-state index contributed by atoms with van der Waals surface area (Å²) in [7, 11) is 4.25. The zero-order valence-corrected chi connectivity index (χ0v) is 14.0. The van der Waals surface area contributed by atoms with Gasteiger partial charge >= 0.3 is 0 Å². The van der Waals surface area contributed by atoms with Crippen LogP contribution in [-0.2, 0) is 0 Å². The van der Waals surface area contributed by atoms with Crippen molar-refractivity contribution in [3.05, 3.63) is 72.4 Å². The number of nitrogens with zero attached hydrogens (tertiary/aromatic N) is 2. The van der Waals surface area contributed by atoms with E-state index in [1.165, 1.54) is 21.6 Å². The maximum absolute atomic E-state index is 4.73. The second kappa shape index (κ2) is 5.84. The van der Waals surface area contributed by atoms with E-state index < -0.39 is 0 Å². The van der Waals surface area contributed by atoms with Gasteiger partial charge in [-0.25, -0.2) is 0 Å². The first-order valence-electron chi connectivity index (χ1n) is 7.72. The molecule has 0 fully saturated rings. The van der Waals surface area contributed by atoms with Gasteiger partial charge in [-0.2, -0.15) is 0 Å². The molecular formula is C20H18N2S. The first-order valence-corrected chi connectivity index (χ1v) is 8.60. The number of fused-ring (bicyclic) bond motifs is 3. The highest BCUT2D eigenvalue weighted by atomic mass is 32.2. The Kier molecular flexibility index (Phi) is 3.68. The van der Waals surface area contributed by atoms with Crippen LogP contribution in [0.25, 0.3) is 22.4 Å². The number of benzene rings is 2. The lowest BCUT2D eigenvalue weighted by Crippen LogP contribution is -2.20. The van der Waals surface area contributed by atoms with Crippen LogP contribution in [0, 0.1) is 0 Å². The second-order valence-electron chi connectivity index (χ2n) is 5.95. The third kappa shape index (κ3) is 2.56. The molecule has 0 N–H and O–H groups in total. The van der Waals surface area contributed by atoms with Gasteiger partial charge in [0.1, 0.15) is 0 Å². The molecule has 0 spiro atoms. The summed E-state index contributed by atoms with van der Waals surface area (Å²) in [6.07, 6.45) is 2.05. The van der Waals surface area contributed by atoms with Crippen LogP contribution in [0.3, 0.4) is 0 Å². The minimum absolute atomic E-state index is 0.303. The van der Waals surface area contributed by atoms with E-state index in [9.17, 15) is 0 Å². The minimum Gasteiger partial charge on any atom is -0.294 e. The number of pyridine rings is 1. The van der Waals surface area contributed by atoms with Gasteiger partial charge in [0, 0.05) is 22.2 Å². The van der Waals surface area contributed by atoms with Crippen LogP contribution in [0.4, 0.5) is 0 Å². The van der Waals surface area contributed by atoms with Crippen molar-refractivity contribution in [3.8, 4) is 22.4 Å². The van der Waals surface area contributed by atoms with E-state index in [-0.39, 0.29) is 0 Å². The second-order valence-corrected chi connectivity index (χ2v) is 7.07. The molecule has 1 aliphatic rings. The van der Waals surface area contributed by atoms with Crippen LogP contribution >= 0.6 is 11.8 Å². The Morgan fingerprint density at radius 3 is 2.43 bits per heavy atom. The molecule has 2 aromatic carbocycles. The van der Waals surface area contributed by atoms with Crippen LogP contribution in [0.5, 0.6) is 0 Å². The van der Waals surface area contributed by atoms with E-state index in [4.69, 9.17) is 4.98 Å². The molecule has 3 heteroatoms. The molecule has 1 aliphatic heterocycles. The zero-order chi connectivity index (χ0) is 15.8. The summed E-state index contributed by atoms with van der Waals surface area (Å²) in [5, 5.41) is 0.303. The van der Waals surface area contributed by atoms with Gasteiger partial charge in [0.05, 0.1) is 11.1 Å². The lowest BCUT2D eigenvalue weighted by atomic mass is 9.98. The molecule has 0 saturated carbocycles. The Balaban J connectivity index is 1.91. The van der Waals surface area contributed by atoms with Crippen LogP contribution < -0.4 is 0 Å². The fraction of sp³-hybridized carbons (Fsp3) is 0.150.